The zero-order chi connectivity index (χ0) is 28.2. The van der Waals surface area contributed by atoms with Crippen LogP contribution in [-0.4, -0.2) is 41.9 Å². The Morgan fingerprint density at radius 1 is 1.13 bits per heavy atom. The van der Waals surface area contributed by atoms with E-state index in [9.17, 15) is 27.9 Å². The van der Waals surface area contributed by atoms with Gasteiger partial charge in [-0.25, -0.2) is 4.99 Å². The Kier molecular flexibility index (Phi) is 9.10. The number of anilines is 1. The average Bonchev–Trinajstić information content (AvgIpc) is 3.41. The Labute approximate surface area is 227 Å². The van der Waals surface area contributed by atoms with Gasteiger partial charge in [-0.15, -0.1) is 0 Å². The number of benzene rings is 2. The van der Waals surface area contributed by atoms with E-state index in [4.69, 9.17) is 0 Å². The second kappa shape index (κ2) is 12.3. The summed E-state index contributed by atoms with van der Waals surface area (Å²) in [5, 5.41) is 13.7. The third-order valence-corrected chi connectivity index (χ3v) is 7.82. The summed E-state index contributed by atoms with van der Waals surface area (Å²) in [5.74, 6) is -1.23. The summed E-state index contributed by atoms with van der Waals surface area (Å²) >= 11 is 0. The fraction of sp³-hybridized carbons (Fsp3) is 0.500. The summed E-state index contributed by atoms with van der Waals surface area (Å²) in [7, 11) is 1.58. The molecule has 6 nitrogen and oxygen atoms in total. The molecule has 0 radical (unpaired) electrons. The monoisotopic (exact) mass is 543 g/mol. The second-order valence-corrected chi connectivity index (χ2v) is 10.6. The number of nitrogens with zero attached hydrogens (tertiary/aromatic N) is 2. The first-order valence-electron chi connectivity index (χ1n) is 13.7. The number of amides is 2. The lowest BCUT2D eigenvalue weighted by atomic mass is 9.86. The number of carbonyl (C=O) groups is 2. The van der Waals surface area contributed by atoms with Crippen molar-refractivity contribution in [3.05, 3.63) is 65.2 Å². The highest BCUT2D eigenvalue weighted by atomic mass is 19.4. The second-order valence-electron chi connectivity index (χ2n) is 10.6. The van der Waals surface area contributed by atoms with Crippen molar-refractivity contribution in [1.82, 2.24) is 5.32 Å². The van der Waals surface area contributed by atoms with Gasteiger partial charge in [0, 0.05) is 18.2 Å². The summed E-state index contributed by atoms with van der Waals surface area (Å²) < 4.78 is 39.6. The first-order chi connectivity index (χ1) is 18.6. The predicted molar refractivity (Wildman–Crippen MR) is 144 cm³/mol. The molecule has 1 heterocycles. The van der Waals surface area contributed by atoms with Crippen LogP contribution < -0.4 is 10.2 Å². The number of carbonyl (C=O) groups excluding carboxylic acids is 2. The summed E-state index contributed by atoms with van der Waals surface area (Å²) in [4.78, 5) is 33.1. The largest absolute Gasteiger partial charge is 0.416 e. The lowest BCUT2D eigenvalue weighted by molar-refractivity contribution is -0.137. The van der Waals surface area contributed by atoms with Crippen LogP contribution in [0.5, 0.6) is 0 Å². The summed E-state index contributed by atoms with van der Waals surface area (Å²) in [6, 6.07) is 11.6. The number of nitrogens with one attached hydrogen (secondary N) is 1. The molecular formula is C30H36F3N3O3. The van der Waals surface area contributed by atoms with Gasteiger partial charge in [0.15, 0.2) is 0 Å². The lowest BCUT2D eigenvalue weighted by Crippen LogP contribution is -2.49. The molecule has 2 amide bonds. The predicted octanol–water partition coefficient (Wildman–Crippen LogP) is 5.71. The number of likely N-dealkylation sites (N-methyl/N-ethyl adjacent to an activating group) is 1. The van der Waals surface area contributed by atoms with Crippen LogP contribution in [0.4, 0.5) is 18.9 Å². The number of rotatable bonds is 9. The van der Waals surface area contributed by atoms with Crippen LogP contribution in [0.15, 0.2) is 53.5 Å². The molecule has 1 unspecified atom stereocenters. The van der Waals surface area contributed by atoms with E-state index in [0.717, 1.165) is 50.7 Å². The summed E-state index contributed by atoms with van der Waals surface area (Å²) in [6.07, 6.45) is 0.338. The molecule has 0 aromatic heterocycles. The van der Waals surface area contributed by atoms with Gasteiger partial charge in [0.1, 0.15) is 0 Å². The highest BCUT2D eigenvalue weighted by Gasteiger charge is 2.36. The Bertz CT molecular complexity index is 1190. The molecule has 0 spiro atoms. The van der Waals surface area contributed by atoms with Crippen molar-refractivity contribution < 1.29 is 27.9 Å². The minimum atomic E-state index is -4.48. The molecule has 1 saturated carbocycles. The van der Waals surface area contributed by atoms with E-state index in [-0.39, 0.29) is 0 Å². The number of alkyl halides is 3. The average molecular weight is 544 g/mol. The van der Waals surface area contributed by atoms with Crippen LogP contribution in [0.1, 0.15) is 75.0 Å². The quantitative estimate of drug-likeness (QED) is 0.425. The van der Waals surface area contributed by atoms with Crippen molar-refractivity contribution in [3.8, 4) is 0 Å². The number of hydrogen-bond acceptors (Lipinski definition) is 4. The Morgan fingerprint density at radius 2 is 1.79 bits per heavy atom. The fourth-order valence-electron chi connectivity index (χ4n) is 5.56. The smallest absolute Gasteiger partial charge is 0.392 e. The van der Waals surface area contributed by atoms with Crippen LogP contribution in [-0.2, 0) is 15.8 Å². The van der Waals surface area contributed by atoms with Gasteiger partial charge in [0.25, 0.3) is 5.91 Å². The van der Waals surface area contributed by atoms with Gasteiger partial charge in [0.2, 0.25) is 12.1 Å². The van der Waals surface area contributed by atoms with Crippen molar-refractivity contribution in [2.75, 3.05) is 11.9 Å². The number of para-hydroxylation sites is 1. The molecule has 39 heavy (non-hydrogen) atoms. The van der Waals surface area contributed by atoms with Gasteiger partial charge in [-0.2, -0.15) is 13.2 Å². The van der Waals surface area contributed by atoms with Gasteiger partial charge < -0.3 is 15.3 Å². The first kappa shape index (κ1) is 28.8. The molecule has 2 aliphatic rings. The van der Waals surface area contributed by atoms with E-state index < -0.39 is 41.7 Å². The van der Waals surface area contributed by atoms with Crippen LogP contribution >= 0.6 is 0 Å². The molecule has 2 N–H and O–H groups in total. The molecule has 0 saturated heterocycles. The lowest BCUT2D eigenvalue weighted by Gasteiger charge is -2.27. The number of aliphatic hydroxyl groups excluding tert-OH is 1. The van der Waals surface area contributed by atoms with E-state index >= 15 is 0 Å². The molecule has 1 aliphatic carbocycles. The normalized spacial score (nSPS) is 19.7. The van der Waals surface area contributed by atoms with E-state index in [1.165, 1.54) is 17.0 Å². The number of unbranched alkanes of at least 4 members (excludes halogenated alkanes) is 1. The van der Waals surface area contributed by atoms with Gasteiger partial charge >= 0.3 is 6.18 Å². The molecule has 4 rings (SSSR count). The van der Waals surface area contributed by atoms with E-state index in [0.29, 0.717) is 41.3 Å². The van der Waals surface area contributed by atoms with Crippen molar-refractivity contribution in [2.45, 2.75) is 76.7 Å². The molecular weight excluding hydrogens is 507 g/mol. The van der Waals surface area contributed by atoms with Crippen molar-refractivity contribution in [3.63, 3.8) is 0 Å². The van der Waals surface area contributed by atoms with Gasteiger partial charge in [-0.3, -0.25) is 9.59 Å². The zero-order valence-corrected chi connectivity index (χ0v) is 22.4. The Balaban J connectivity index is 1.68. The van der Waals surface area contributed by atoms with Gasteiger partial charge in [-0.05, 0) is 37.0 Å². The van der Waals surface area contributed by atoms with Crippen molar-refractivity contribution in [2.24, 2.45) is 16.8 Å². The van der Waals surface area contributed by atoms with E-state index in [1.807, 2.05) is 6.92 Å². The molecule has 9 heteroatoms. The minimum Gasteiger partial charge on any atom is -0.392 e. The number of halogens is 3. The topological polar surface area (TPSA) is 82.0 Å². The highest BCUT2D eigenvalue weighted by Crippen LogP contribution is 2.34. The zero-order valence-electron chi connectivity index (χ0n) is 22.4. The van der Waals surface area contributed by atoms with Crippen LogP contribution in [0.25, 0.3) is 0 Å². The van der Waals surface area contributed by atoms with Crippen molar-refractivity contribution in [1.29, 1.82) is 0 Å². The van der Waals surface area contributed by atoms with E-state index in [2.05, 4.69) is 10.3 Å². The molecule has 1 fully saturated rings. The van der Waals surface area contributed by atoms with Gasteiger partial charge in [-0.1, -0.05) is 75.8 Å². The molecule has 210 valence electrons. The standard InChI is InChI=1S/C30H36F3N3O3/c1-3-4-13-25(37)23(18-19-9-5-6-10-19)28(38)35-27-29(39)36(2)24-12-8-7-11-22(24)26(34-27)20-14-16-21(17-15-20)30(31,32)33/h7-8,11-12,14-17,19,23,25,27,37H,3-6,9-10,13,18H2,1-2H3,(H,35,38)/t23-,25+,27?/m1/s1. The fourth-order valence-corrected chi connectivity index (χ4v) is 5.56. The third kappa shape index (κ3) is 6.69. The van der Waals surface area contributed by atoms with Crippen LogP contribution in [0.2, 0.25) is 0 Å². The molecule has 1 aliphatic heterocycles. The van der Waals surface area contributed by atoms with Crippen LogP contribution in [0.3, 0.4) is 0 Å². The maximum atomic E-state index is 13.6. The molecule has 3 atom stereocenters. The first-order valence-corrected chi connectivity index (χ1v) is 13.7. The third-order valence-electron chi connectivity index (χ3n) is 7.82. The molecule has 2 aromatic rings. The number of benzodiazepines with no additional fused rings is 1. The minimum absolute atomic E-state index is 0.307. The van der Waals surface area contributed by atoms with Crippen molar-refractivity contribution >= 4 is 23.2 Å². The SMILES string of the molecule is CCCC[C@H](O)[C@@H](CC1CCCC1)C(=O)NC1N=C(c2ccc(C(F)(F)F)cc2)c2ccccc2N(C)C1=O. The van der Waals surface area contributed by atoms with Gasteiger partial charge in [0.05, 0.1) is 29.0 Å². The number of aliphatic hydroxyl groups is 1. The summed E-state index contributed by atoms with van der Waals surface area (Å²) in [5.41, 5.74) is 1.01. The number of fused-ring (bicyclic) bond motifs is 1. The number of hydrogen-bond donors (Lipinski definition) is 2. The number of aliphatic imine (C=N–C) groups is 1. The van der Waals surface area contributed by atoms with E-state index in [1.54, 1.807) is 31.3 Å². The maximum absolute atomic E-state index is 13.6. The molecule has 0 bridgehead atoms. The highest BCUT2D eigenvalue weighted by molar-refractivity contribution is 6.20. The molecule has 2 aromatic carbocycles. The maximum Gasteiger partial charge on any atom is 0.416 e. The Morgan fingerprint density at radius 3 is 2.44 bits per heavy atom. The van der Waals surface area contributed by atoms with Crippen LogP contribution in [0, 0.1) is 11.8 Å². The Hall–Kier alpha value is -3.20. The summed E-state index contributed by atoms with van der Waals surface area (Å²) in [6.45, 7) is 2.02.